The Bertz CT molecular complexity index is 1460. The van der Waals surface area contributed by atoms with Gasteiger partial charge in [0.15, 0.2) is 11.5 Å². The number of oxazole rings is 1. The predicted molar refractivity (Wildman–Crippen MR) is 127 cm³/mol. The number of benzene rings is 1. The molecule has 4 rings (SSSR count). The van der Waals surface area contributed by atoms with E-state index in [4.69, 9.17) is 20.0 Å². The number of rotatable bonds is 7. The van der Waals surface area contributed by atoms with Crippen LogP contribution in [-0.2, 0) is 6.18 Å². The minimum Gasteiger partial charge on any atom is -0.516 e. The zero-order chi connectivity index (χ0) is 27.6. The van der Waals surface area contributed by atoms with Crippen LogP contribution in [0, 0.1) is 0 Å². The van der Waals surface area contributed by atoms with Crippen LogP contribution < -0.4 is 15.8 Å². The van der Waals surface area contributed by atoms with E-state index in [2.05, 4.69) is 15.3 Å². The molecule has 8 nitrogen and oxygen atoms in total. The molecule has 2 heterocycles. The van der Waals surface area contributed by atoms with Crippen LogP contribution >= 0.6 is 0 Å². The standard InChI is InChI=1S/C25H21F5N4O4/c1-37-18-6-4-15(14-5-7-19(25(28,29)30)33-20(14)18)24-34-21(22(38-24)17(31)8-9-35)23(36)32-11-12-2-3-13(26)10-16(12)27/h2-9,13,17,35H,10-11,31H2,1H3,(H,32,36)/b9-8+. The lowest BCUT2D eigenvalue weighted by Gasteiger charge is -2.13. The fraction of sp³-hybridized carbons (Fsp3) is 0.240. The van der Waals surface area contributed by atoms with Crippen LogP contribution in [-0.4, -0.2) is 40.8 Å². The molecule has 1 aliphatic rings. The van der Waals surface area contributed by atoms with Gasteiger partial charge in [0.25, 0.3) is 5.91 Å². The Labute approximate surface area is 212 Å². The summed E-state index contributed by atoms with van der Waals surface area (Å²) >= 11 is 0. The number of carbonyl (C=O) groups excluding carboxylic acids is 1. The molecule has 0 saturated carbocycles. The molecule has 0 saturated heterocycles. The highest BCUT2D eigenvalue weighted by Gasteiger charge is 2.33. The van der Waals surface area contributed by atoms with Crippen molar-refractivity contribution in [3.8, 4) is 17.2 Å². The quantitative estimate of drug-likeness (QED) is 0.279. The third-order valence-corrected chi connectivity index (χ3v) is 5.69. The summed E-state index contributed by atoms with van der Waals surface area (Å²) in [7, 11) is 1.27. The number of amides is 1. The molecule has 2 atom stereocenters. The van der Waals surface area contributed by atoms with Crippen molar-refractivity contribution >= 4 is 16.8 Å². The van der Waals surface area contributed by atoms with Crippen molar-refractivity contribution in [3.05, 3.63) is 77.3 Å². The van der Waals surface area contributed by atoms with Gasteiger partial charge in [-0.1, -0.05) is 6.08 Å². The topological polar surface area (TPSA) is 124 Å². The molecule has 1 aliphatic carbocycles. The Morgan fingerprint density at radius 2 is 2.08 bits per heavy atom. The normalized spacial score (nSPS) is 16.9. The van der Waals surface area contributed by atoms with E-state index < -0.39 is 42.2 Å². The van der Waals surface area contributed by atoms with E-state index in [1.54, 1.807) is 0 Å². The van der Waals surface area contributed by atoms with Crippen molar-refractivity contribution in [2.24, 2.45) is 5.73 Å². The van der Waals surface area contributed by atoms with Crippen molar-refractivity contribution in [3.63, 3.8) is 0 Å². The number of pyridine rings is 1. The average molecular weight is 536 g/mol. The van der Waals surface area contributed by atoms with E-state index in [1.165, 1.54) is 37.5 Å². The number of nitrogens with two attached hydrogens (primary N) is 1. The average Bonchev–Trinajstić information content (AvgIpc) is 3.32. The minimum absolute atomic E-state index is 0.0610. The SMILES string of the molecule is COc1ccc(-c2nc(C(=O)NCC3=C(F)CC(F)C=C3)c(C(N)/C=C/O)o2)c2ccc(C(F)(F)F)nc12. The second-order valence-electron chi connectivity index (χ2n) is 8.20. The summed E-state index contributed by atoms with van der Waals surface area (Å²) in [5, 5.41) is 11.8. The molecule has 4 N–H and O–H groups in total. The predicted octanol–water partition coefficient (Wildman–Crippen LogP) is 5.24. The Kier molecular flexibility index (Phi) is 7.49. The Hall–Kier alpha value is -4.26. The zero-order valence-electron chi connectivity index (χ0n) is 19.7. The van der Waals surface area contributed by atoms with Gasteiger partial charge in [-0.05, 0) is 36.4 Å². The summed E-state index contributed by atoms with van der Waals surface area (Å²) in [6, 6.07) is 3.64. The van der Waals surface area contributed by atoms with Gasteiger partial charge in [0.05, 0.1) is 19.4 Å². The van der Waals surface area contributed by atoms with E-state index in [1.807, 2.05) is 0 Å². The number of ether oxygens (including phenoxy) is 1. The smallest absolute Gasteiger partial charge is 0.433 e. The van der Waals surface area contributed by atoms with Gasteiger partial charge in [0.1, 0.15) is 29.0 Å². The molecule has 1 amide bonds. The number of hydrogen-bond acceptors (Lipinski definition) is 7. The zero-order valence-corrected chi connectivity index (χ0v) is 19.7. The molecule has 0 spiro atoms. The molecule has 0 bridgehead atoms. The molecular formula is C25H21F5N4O4. The van der Waals surface area contributed by atoms with Gasteiger partial charge in [-0.3, -0.25) is 4.79 Å². The first-order valence-corrected chi connectivity index (χ1v) is 11.1. The number of nitrogens with zero attached hydrogens (tertiary/aromatic N) is 2. The number of carbonyl (C=O) groups is 1. The molecule has 200 valence electrons. The Balaban J connectivity index is 1.76. The van der Waals surface area contributed by atoms with Crippen LogP contribution in [0.3, 0.4) is 0 Å². The third-order valence-electron chi connectivity index (χ3n) is 5.69. The Morgan fingerprint density at radius 1 is 1.32 bits per heavy atom. The number of hydrogen-bond donors (Lipinski definition) is 3. The molecule has 2 aromatic heterocycles. The van der Waals surface area contributed by atoms with Crippen LogP contribution in [0.25, 0.3) is 22.4 Å². The van der Waals surface area contributed by atoms with Gasteiger partial charge >= 0.3 is 6.18 Å². The number of aliphatic hydroxyl groups excluding tert-OH is 1. The summed E-state index contributed by atoms with van der Waals surface area (Å²) in [5.74, 6) is -1.82. The number of aromatic nitrogens is 2. The second kappa shape index (κ2) is 10.6. The highest BCUT2D eigenvalue weighted by atomic mass is 19.4. The van der Waals surface area contributed by atoms with Crippen molar-refractivity contribution in [2.45, 2.75) is 24.8 Å². The number of fused-ring (bicyclic) bond motifs is 1. The highest BCUT2D eigenvalue weighted by molar-refractivity contribution is 5.98. The molecule has 0 fully saturated rings. The number of halogens is 5. The van der Waals surface area contributed by atoms with Gasteiger partial charge in [-0.2, -0.15) is 13.2 Å². The van der Waals surface area contributed by atoms with Crippen LogP contribution in [0.4, 0.5) is 22.0 Å². The lowest BCUT2D eigenvalue weighted by atomic mass is 10.0. The van der Waals surface area contributed by atoms with Gasteiger partial charge in [-0.25, -0.2) is 18.7 Å². The molecular weight excluding hydrogens is 515 g/mol. The van der Waals surface area contributed by atoms with E-state index in [0.717, 1.165) is 12.1 Å². The second-order valence-corrected chi connectivity index (χ2v) is 8.20. The number of aliphatic hydroxyl groups is 1. The summed E-state index contributed by atoms with van der Waals surface area (Å²) in [4.78, 5) is 20.9. The first-order valence-electron chi connectivity index (χ1n) is 11.1. The van der Waals surface area contributed by atoms with E-state index in [9.17, 15) is 26.7 Å². The summed E-state index contributed by atoms with van der Waals surface area (Å²) in [6.07, 6.45) is -2.46. The van der Waals surface area contributed by atoms with Crippen LogP contribution in [0.2, 0.25) is 0 Å². The first-order chi connectivity index (χ1) is 18.0. The van der Waals surface area contributed by atoms with Gasteiger partial charge in [0.2, 0.25) is 5.89 Å². The first kappa shape index (κ1) is 26.8. The minimum atomic E-state index is -4.70. The third kappa shape index (κ3) is 5.37. The summed E-state index contributed by atoms with van der Waals surface area (Å²) < 4.78 is 78.1. The lowest BCUT2D eigenvalue weighted by Crippen LogP contribution is -2.28. The molecule has 3 aromatic rings. The number of methoxy groups -OCH3 is 1. The maximum absolute atomic E-state index is 14.1. The van der Waals surface area contributed by atoms with Crippen molar-refractivity contribution < 1.29 is 41.0 Å². The fourth-order valence-electron chi connectivity index (χ4n) is 3.81. The molecule has 2 unspecified atom stereocenters. The van der Waals surface area contributed by atoms with Gasteiger partial charge < -0.3 is 25.3 Å². The van der Waals surface area contributed by atoms with Crippen molar-refractivity contribution in [2.75, 3.05) is 13.7 Å². The largest absolute Gasteiger partial charge is 0.516 e. The van der Waals surface area contributed by atoms with Crippen LogP contribution in [0.5, 0.6) is 5.75 Å². The molecule has 1 aromatic carbocycles. The maximum Gasteiger partial charge on any atom is 0.433 e. The number of alkyl halides is 4. The van der Waals surface area contributed by atoms with Crippen LogP contribution in [0.1, 0.15) is 34.4 Å². The number of allylic oxidation sites excluding steroid dienone is 2. The van der Waals surface area contributed by atoms with Crippen molar-refractivity contribution in [1.29, 1.82) is 0 Å². The van der Waals surface area contributed by atoms with Crippen molar-refractivity contribution in [1.82, 2.24) is 15.3 Å². The molecule has 13 heteroatoms. The monoisotopic (exact) mass is 536 g/mol. The summed E-state index contributed by atoms with van der Waals surface area (Å²) in [5.41, 5.74) is 4.69. The number of nitrogens with one attached hydrogen (secondary N) is 1. The highest BCUT2D eigenvalue weighted by Crippen LogP contribution is 2.37. The van der Waals surface area contributed by atoms with Gasteiger partial charge in [0, 0.05) is 29.5 Å². The lowest BCUT2D eigenvalue weighted by molar-refractivity contribution is -0.140. The molecule has 0 aliphatic heterocycles. The Morgan fingerprint density at radius 3 is 2.74 bits per heavy atom. The molecule has 38 heavy (non-hydrogen) atoms. The van der Waals surface area contributed by atoms with E-state index >= 15 is 0 Å². The molecule has 0 radical (unpaired) electrons. The fourth-order valence-corrected chi connectivity index (χ4v) is 3.81. The van der Waals surface area contributed by atoms with Gasteiger partial charge in [-0.15, -0.1) is 0 Å². The van der Waals surface area contributed by atoms with E-state index in [-0.39, 0.29) is 51.7 Å². The maximum atomic E-state index is 14.1. The van der Waals surface area contributed by atoms with Crippen LogP contribution in [0.15, 0.2) is 64.6 Å². The van der Waals surface area contributed by atoms with E-state index in [0.29, 0.717) is 6.26 Å². The summed E-state index contributed by atoms with van der Waals surface area (Å²) in [6.45, 7) is -0.282.